The van der Waals surface area contributed by atoms with Gasteiger partial charge in [-0.1, -0.05) is 18.2 Å². The number of hydrogen-bond donors (Lipinski definition) is 0. The molecule has 0 bridgehead atoms. The molecule has 2 heterocycles. The largest absolute Gasteiger partial charge is 0.382 e. The van der Waals surface area contributed by atoms with Crippen LogP contribution in [-0.2, 0) is 16.1 Å². The lowest BCUT2D eigenvalue weighted by Crippen LogP contribution is -2.31. The Bertz CT molecular complexity index is 889. The Kier molecular flexibility index (Phi) is 6.22. The van der Waals surface area contributed by atoms with E-state index >= 15 is 0 Å². The highest BCUT2D eigenvalue weighted by molar-refractivity contribution is 5.67. The average molecular weight is 365 g/mol. The van der Waals surface area contributed by atoms with Crippen LogP contribution >= 0.6 is 0 Å². The first-order valence-electron chi connectivity index (χ1n) is 8.52. The number of nitrogens with zero attached hydrogens (tertiary/aromatic N) is 3. The van der Waals surface area contributed by atoms with Gasteiger partial charge in [0.15, 0.2) is 0 Å². The van der Waals surface area contributed by atoms with Crippen LogP contribution in [-0.4, -0.2) is 35.0 Å². The summed E-state index contributed by atoms with van der Waals surface area (Å²) >= 11 is 0. The highest BCUT2D eigenvalue weighted by Gasteiger charge is 2.23. The van der Waals surface area contributed by atoms with E-state index in [1.807, 2.05) is 18.2 Å². The molecule has 0 aliphatic heterocycles. The molecule has 0 aliphatic carbocycles. The normalized spacial score (nSPS) is 11.8. The summed E-state index contributed by atoms with van der Waals surface area (Å²) in [5.41, 5.74) is 3.16. The summed E-state index contributed by atoms with van der Waals surface area (Å²) in [7, 11) is 1.57. The van der Waals surface area contributed by atoms with E-state index < -0.39 is 6.04 Å². The highest BCUT2D eigenvalue weighted by Crippen LogP contribution is 2.31. The molecule has 27 heavy (non-hydrogen) atoms. The Morgan fingerprint density at radius 3 is 2.56 bits per heavy atom. The third-order valence-electron chi connectivity index (χ3n) is 4.37. The van der Waals surface area contributed by atoms with Crippen LogP contribution in [0.4, 0.5) is 4.39 Å². The summed E-state index contributed by atoms with van der Waals surface area (Å²) in [5, 5.41) is 0. The quantitative estimate of drug-likeness (QED) is 0.572. The van der Waals surface area contributed by atoms with E-state index in [0.29, 0.717) is 5.56 Å². The minimum Gasteiger partial charge on any atom is -0.382 e. The van der Waals surface area contributed by atoms with Crippen molar-refractivity contribution in [3.8, 4) is 11.1 Å². The number of rotatable bonds is 8. The monoisotopic (exact) mass is 365 g/mol. The molecule has 3 rings (SSSR count). The predicted octanol–water partition coefficient (Wildman–Crippen LogP) is 3.63. The van der Waals surface area contributed by atoms with Crippen molar-refractivity contribution >= 4 is 6.41 Å². The van der Waals surface area contributed by atoms with Crippen molar-refractivity contribution in [2.24, 2.45) is 0 Å². The Balaban J connectivity index is 2.00. The molecule has 1 atom stereocenters. The van der Waals surface area contributed by atoms with Gasteiger partial charge in [0, 0.05) is 49.6 Å². The lowest BCUT2D eigenvalue weighted by molar-refractivity contribution is -0.122. The van der Waals surface area contributed by atoms with Gasteiger partial charge in [0.2, 0.25) is 6.41 Å². The first-order valence-corrected chi connectivity index (χ1v) is 8.52. The highest BCUT2D eigenvalue weighted by atomic mass is 19.1. The van der Waals surface area contributed by atoms with Gasteiger partial charge >= 0.3 is 0 Å². The summed E-state index contributed by atoms with van der Waals surface area (Å²) in [6.45, 7) is 0.395. The van der Waals surface area contributed by atoms with Gasteiger partial charge in [-0.25, -0.2) is 4.39 Å². The Morgan fingerprint density at radius 1 is 1.11 bits per heavy atom. The summed E-state index contributed by atoms with van der Waals surface area (Å²) in [6.07, 6.45) is 7.56. The van der Waals surface area contributed by atoms with Gasteiger partial charge in [0.05, 0.1) is 12.6 Å². The Labute approximate surface area is 157 Å². The van der Waals surface area contributed by atoms with E-state index in [0.717, 1.165) is 23.1 Å². The molecule has 5 nitrogen and oxygen atoms in total. The molecule has 0 saturated carbocycles. The number of carbonyl (C=O) groups excluding carboxylic acids is 1. The van der Waals surface area contributed by atoms with Crippen molar-refractivity contribution in [1.29, 1.82) is 0 Å². The number of halogens is 1. The minimum absolute atomic E-state index is 0.134. The summed E-state index contributed by atoms with van der Waals surface area (Å²) in [6, 6.07) is 11.7. The summed E-state index contributed by atoms with van der Waals surface area (Å²) < 4.78 is 19.5. The summed E-state index contributed by atoms with van der Waals surface area (Å²) in [4.78, 5) is 21.7. The van der Waals surface area contributed by atoms with E-state index in [4.69, 9.17) is 4.74 Å². The second-order valence-corrected chi connectivity index (χ2v) is 6.04. The fraction of sp³-hybridized carbons (Fsp3) is 0.190. The number of hydrogen-bond acceptors (Lipinski definition) is 4. The molecular weight excluding hydrogens is 345 g/mol. The standard InChI is InChI=1S/C21H20FN3O2/c1-27-14-21(25(15-26)13-17-4-2-3-5-20(17)22)19-12-24-11-8-18(19)16-6-9-23-10-7-16/h2-12,15,21H,13-14H2,1H3. The zero-order chi connectivity index (χ0) is 19.1. The van der Waals surface area contributed by atoms with E-state index in [1.165, 1.54) is 11.0 Å². The number of aromatic nitrogens is 2. The minimum atomic E-state index is -0.413. The van der Waals surface area contributed by atoms with Gasteiger partial charge in [-0.15, -0.1) is 0 Å². The molecule has 138 valence electrons. The maximum absolute atomic E-state index is 14.1. The van der Waals surface area contributed by atoms with Gasteiger partial charge in [-0.05, 0) is 35.4 Å². The van der Waals surface area contributed by atoms with Crippen molar-refractivity contribution in [3.05, 3.63) is 84.2 Å². The summed E-state index contributed by atoms with van der Waals surface area (Å²) in [5.74, 6) is -0.346. The first kappa shape index (κ1) is 18.7. The van der Waals surface area contributed by atoms with E-state index in [1.54, 1.807) is 50.1 Å². The van der Waals surface area contributed by atoms with Crippen molar-refractivity contribution in [2.75, 3.05) is 13.7 Å². The number of amides is 1. The number of carbonyl (C=O) groups is 1. The lowest BCUT2D eigenvalue weighted by atomic mass is 9.96. The van der Waals surface area contributed by atoms with Crippen LogP contribution in [0, 0.1) is 5.82 Å². The van der Waals surface area contributed by atoms with Gasteiger partial charge in [0.25, 0.3) is 0 Å². The molecular formula is C21H20FN3O2. The first-order chi connectivity index (χ1) is 13.2. The number of ether oxygens (including phenoxy) is 1. The molecule has 0 saturated heterocycles. The molecule has 0 aliphatic rings. The van der Waals surface area contributed by atoms with Crippen LogP contribution in [0.3, 0.4) is 0 Å². The predicted molar refractivity (Wildman–Crippen MR) is 100 cm³/mol. The topological polar surface area (TPSA) is 55.3 Å². The molecule has 3 aromatic rings. The van der Waals surface area contributed by atoms with Crippen molar-refractivity contribution < 1.29 is 13.9 Å². The average Bonchev–Trinajstić information content (AvgIpc) is 2.72. The molecule has 0 fully saturated rings. The molecule has 0 radical (unpaired) electrons. The van der Waals surface area contributed by atoms with Gasteiger partial charge in [0.1, 0.15) is 5.82 Å². The maximum Gasteiger partial charge on any atom is 0.210 e. The van der Waals surface area contributed by atoms with E-state index in [-0.39, 0.29) is 19.0 Å². The zero-order valence-corrected chi connectivity index (χ0v) is 15.0. The fourth-order valence-corrected chi connectivity index (χ4v) is 3.03. The third kappa shape index (κ3) is 4.35. The maximum atomic E-state index is 14.1. The van der Waals surface area contributed by atoms with Crippen LogP contribution in [0.1, 0.15) is 17.2 Å². The lowest BCUT2D eigenvalue weighted by Gasteiger charge is -2.29. The zero-order valence-electron chi connectivity index (χ0n) is 15.0. The Hall–Kier alpha value is -3.12. The smallest absolute Gasteiger partial charge is 0.210 e. The van der Waals surface area contributed by atoms with Gasteiger partial charge in [-0.3, -0.25) is 14.8 Å². The SMILES string of the molecule is COCC(c1cnccc1-c1ccncc1)N(C=O)Cc1ccccc1F. The number of benzene rings is 1. The molecule has 2 aromatic heterocycles. The molecule has 1 aromatic carbocycles. The molecule has 1 unspecified atom stereocenters. The van der Waals surface area contributed by atoms with Crippen molar-refractivity contribution in [3.63, 3.8) is 0 Å². The van der Waals surface area contributed by atoms with Crippen LogP contribution in [0.15, 0.2) is 67.3 Å². The Morgan fingerprint density at radius 2 is 1.85 bits per heavy atom. The number of methoxy groups -OCH3 is 1. The van der Waals surface area contributed by atoms with Gasteiger partial charge < -0.3 is 9.64 Å². The molecule has 0 spiro atoms. The van der Waals surface area contributed by atoms with Crippen LogP contribution in [0.5, 0.6) is 0 Å². The second-order valence-electron chi connectivity index (χ2n) is 6.04. The molecule has 1 amide bonds. The third-order valence-corrected chi connectivity index (χ3v) is 4.37. The fourth-order valence-electron chi connectivity index (χ4n) is 3.03. The van der Waals surface area contributed by atoms with Crippen LogP contribution in [0.25, 0.3) is 11.1 Å². The molecule has 0 N–H and O–H groups in total. The van der Waals surface area contributed by atoms with Gasteiger partial charge in [-0.2, -0.15) is 0 Å². The van der Waals surface area contributed by atoms with Crippen molar-refractivity contribution in [1.82, 2.24) is 14.9 Å². The van der Waals surface area contributed by atoms with E-state index in [9.17, 15) is 9.18 Å². The van der Waals surface area contributed by atoms with Crippen LogP contribution in [0.2, 0.25) is 0 Å². The van der Waals surface area contributed by atoms with Crippen LogP contribution < -0.4 is 0 Å². The second kappa shape index (κ2) is 9.00. The van der Waals surface area contributed by atoms with E-state index in [2.05, 4.69) is 9.97 Å². The number of pyridine rings is 2. The van der Waals surface area contributed by atoms with Crippen molar-refractivity contribution in [2.45, 2.75) is 12.6 Å². The molecule has 6 heteroatoms.